The Morgan fingerprint density at radius 1 is 1.28 bits per heavy atom. The molecule has 1 aromatic carbocycles. The maximum atomic E-state index is 5.55. The normalized spacial score (nSPS) is 22.6. The summed E-state index contributed by atoms with van der Waals surface area (Å²) in [5.74, 6) is 0.986. The molecule has 2 rings (SSSR count). The van der Waals surface area contributed by atoms with E-state index in [0.29, 0.717) is 12.1 Å². The minimum Gasteiger partial charge on any atom is -0.496 e. The molecule has 0 saturated heterocycles. The van der Waals surface area contributed by atoms with Crippen molar-refractivity contribution in [2.75, 3.05) is 20.3 Å². The molecule has 0 atom stereocenters. The molecular weight excluding hydrogens is 226 g/mol. The number of benzene rings is 1. The Bertz CT molecular complexity index is 361. The summed E-state index contributed by atoms with van der Waals surface area (Å²) < 4.78 is 10.9. The second kappa shape index (κ2) is 6.76. The zero-order valence-electron chi connectivity index (χ0n) is 11.3. The van der Waals surface area contributed by atoms with Gasteiger partial charge in [0.1, 0.15) is 5.75 Å². The number of ether oxygens (including phenoxy) is 2. The summed E-state index contributed by atoms with van der Waals surface area (Å²) in [6.07, 6.45) is 3.80. The van der Waals surface area contributed by atoms with Crippen molar-refractivity contribution in [1.29, 1.82) is 0 Å². The second-order valence-electron chi connectivity index (χ2n) is 4.76. The first-order chi connectivity index (χ1) is 8.83. The first-order valence-electron chi connectivity index (χ1n) is 6.80. The predicted octanol–water partition coefficient (Wildman–Crippen LogP) is 2.39. The maximum absolute atomic E-state index is 5.55. The van der Waals surface area contributed by atoms with Gasteiger partial charge in [-0.1, -0.05) is 18.2 Å². The largest absolute Gasteiger partial charge is 0.496 e. The topological polar surface area (TPSA) is 30.5 Å². The summed E-state index contributed by atoms with van der Waals surface area (Å²) >= 11 is 0. The third kappa shape index (κ3) is 3.47. The van der Waals surface area contributed by atoms with Crippen LogP contribution in [0.4, 0.5) is 0 Å². The zero-order chi connectivity index (χ0) is 12.8. The maximum Gasteiger partial charge on any atom is 0.122 e. The number of para-hydroxylation sites is 1. The molecule has 1 N–H and O–H groups in total. The molecular formula is C15H23NO2. The lowest BCUT2D eigenvalue weighted by atomic mass is 9.89. The van der Waals surface area contributed by atoms with Crippen molar-refractivity contribution in [3.05, 3.63) is 29.8 Å². The van der Waals surface area contributed by atoms with Crippen molar-refractivity contribution < 1.29 is 9.47 Å². The summed E-state index contributed by atoms with van der Waals surface area (Å²) in [6.45, 7) is 3.89. The smallest absolute Gasteiger partial charge is 0.122 e. The molecule has 0 bridgehead atoms. The van der Waals surface area contributed by atoms with E-state index in [1.807, 2.05) is 12.1 Å². The highest BCUT2D eigenvalue weighted by molar-refractivity contribution is 5.33. The lowest BCUT2D eigenvalue weighted by Gasteiger charge is -2.35. The van der Waals surface area contributed by atoms with Gasteiger partial charge in [-0.3, -0.25) is 0 Å². The van der Waals surface area contributed by atoms with E-state index in [9.17, 15) is 0 Å². The monoisotopic (exact) mass is 249 g/mol. The van der Waals surface area contributed by atoms with Gasteiger partial charge in [0, 0.05) is 12.6 Å². The Kier molecular flexibility index (Phi) is 5.02. The van der Waals surface area contributed by atoms with Crippen molar-refractivity contribution in [3.63, 3.8) is 0 Å². The molecule has 18 heavy (non-hydrogen) atoms. The molecule has 1 saturated carbocycles. The first kappa shape index (κ1) is 13.4. The van der Waals surface area contributed by atoms with E-state index < -0.39 is 0 Å². The van der Waals surface area contributed by atoms with E-state index in [4.69, 9.17) is 9.47 Å². The van der Waals surface area contributed by atoms with Gasteiger partial charge in [0.25, 0.3) is 0 Å². The van der Waals surface area contributed by atoms with Crippen LogP contribution in [-0.4, -0.2) is 32.4 Å². The van der Waals surface area contributed by atoms with Gasteiger partial charge in [0.15, 0.2) is 0 Å². The molecule has 3 heteroatoms. The first-order valence-corrected chi connectivity index (χ1v) is 6.80. The van der Waals surface area contributed by atoms with Gasteiger partial charge in [-0.15, -0.1) is 0 Å². The Morgan fingerprint density at radius 3 is 2.78 bits per heavy atom. The van der Waals surface area contributed by atoms with E-state index in [1.54, 1.807) is 7.11 Å². The summed E-state index contributed by atoms with van der Waals surface area (Å²) in [5.41, 5.74) is 1.27. The molecule has 1 fully saturated rings. The van der Waals surface area contributed by atoms with Crippen LogP contribution in [0.5, 0.6) is 5.75 Å². The highest BCUT2D eigenvalue weighted by Gasteiger charge is 2.28. The van der Waals surface area contributed by atoms with Crippen molar-refractivity contribution in [3.8, 4) is 5.75 Å². The Hall–Kier alpha value is -1.06. The standard InChI is InChI=1S/C15H23NO2/c1-3-18-14-10-13(11-14)16-9-8-12-6-4-5-7-15(12)17-2/h4-7,13-14,16H,3,8-11H2,1-2H3. The fraction of sp³-hybridized carbons (Fsp3) is 0.600. The fourth-order valence-corrected chi connectivity index (χ4v) is 2.42. The summed E-state index contributed by atoms with van der Waals surface area (Å²) in [5, 5.41) is 3.57. The number of hydrogen-bond acceptors (Lipinski definition) is 3. The van der Waals surface area contributed by atoms with Crippen LogP contribution in [0.1, 0.15) is 25.3 Å². The van der Waals surface area contributed by atoms with E-state index >= 15 is 0 Å². The van der Waals surface area contributed by atoms with Crippen LogP contribution >= 0.6 is 0 Å². The highest BCUT2D eigenvalue weighted by atomic mass is 16.5. The number of rotatable bonds is 7. The average molecular weight is 249 g/mol. The molecule has 1 aliphatic carbocycles. The summed E-state index contributed by atoms with van der Waals surface area (Å²) in [4.78, 5) is 0. The third-order valence-electron chi connectivity index (χ3n) is 3.52. The summed E-state index contributed by atoms with van der Waals surface area (Å²) in [7, 11) is 1.73. The number of nitrogens with one attached hydrogen (secondary N) is 1. The molecule has 100 valence electrons. The molecule has 0 unspecified atom stereocenters. The average Bonchev–Trinajstić information content (AvgIpc) is 2.36. The fourth-order valence-electron chi connectivity index (χ4n) is 2.42. The van der Waals surface area contributed by atoms with E-state index in [2.05, 4.69) is 24.4 Å². The molecule has 0 radical (unpaired) electrons. The van der Waals surface area contributed by atoms with Gasteiger partial charge in [-0.2, -0.15) is 0 Å². The minimum absolute atomic E-state index is 0.485. The van der Waals surface area contributed by atoms with Gasteiger partial charge in [0.2, 0.25) is 0 Å². The van der Waals surface area contributed by atoms with Gasteiger partial charge < -0.3 is 14.8 Å². The molecule has 3 nitrogen and oxygen atoms in total. The lowest BCUT2D eigenvalue weighted by molar-refractivity contribution is -0.00961. The SMILES string of the molecule is CCOC1CC(NCCc2ccccc2OC)C1. The molecule has 0 aromatic heterocycles. The summed E-state index contributed by atoms with van der Waals surface area (Å²) in [6, 6.07) is 8.85. The molecule has 0 heterocycles. The molecule has 1 aromatic rings. The van der Waals surface area contributed by atoms with Crippen LogP contribution in [-0.2, 0) is 11.2 Å². The molecule has 0 spiro atoms. The van der Waals surface area contributed by atoms with Gasteiger partial charge in [-0.05, 0) is 44.4 Å². The zero-order valence-corrected chi connectivity index (χ0v) is 11.3. The van der Waals surface area contributed by atoms with Crippen molar-refractivity contribution in [2.24, 2.45) is 0 Å². The van der Waals surface area contributed by atoms with Crippen molar-refractivity contribution >= 4 is 0 Å². The van der Waals surface area contributed by atoms with Crippen LogP contribution in [0, 0.1) is 0 Å². The van der Waals surface area contributed by atoms with Crippen molar-refractivity contribution in [2.45, 2.75) is 38.3 Å². The molecule has 0 aliphatic heterocycles. The highest BCUT2D eigenvalue weighted by Crippen LogP contribution is 2.23. The quantitative estimate of drug-likeness (QED) is 0.805. The van der Waals surface area contributed by atoms with Crippen LogP contribution in [0.25, 0.3) is 0 Å². The third-order valence-corrected chi connectivity index (χ3v) is 3.52. The molecule has 0 amide bonds. The number of methoxy groups -OCH3 is 1. The van der Waals surface area contributed by atoms with Gasteiger partial charge in [0.05, 0.1) is 13.2 Å². The van der Waals surface area contributed by atoms with Crippen molar-refractivity contribution in [1.82, 2.24) is 5.32 Å². The Morgan fingerprint density at radius 2 is 2.06 bits per heavy atom. The second-order valence-corrected chi connectivity index (χ2v) is 4.76. The van der Waals surface area contributed by atoms with E-state index in [1.165, 1.54) is 5.56 Å². The Balaban J connectivity index is 1.67. The lowest BCUT2D eigenvalue weighted by Crippen LogP contribution is -2.46. The molecule has 1 aliphatic rings. The van der Waals surface area contributed by atoms with Crippen LogP contribution in [0.3, 0.4) is 0 Å². The number of hydrogen-bond donors (Lipinski definition) is 1. The van der Waals surface area contributed by atoms with Gasteiger partial charge in [-0.25, -0.2) is 0 Å². The predicted molar refractivity (Wildman–Crippen MR) is 73.1 cm³/mol. The van der Waals surface area contributed by atoms with Gasteiger partial charge >= 0.3 is 0 Å². The van der Waals surface area contributed by atoms with E-state index in [0.717, 1.165) is 38.2 Å². The van der Waals surface area contributed by atoms with E-state index in [-0.39, 0.29) is 0 Å². The Labute approximate surface area is 109 Å². The van der Waals surface area contributed by atoms with Crippen LogP contribution < -0.4 is 10.1 Å². The van der Waals surface area contributed by atoms with Crippen LogP contribution in [0.2, 0.25) is 0 Å². The van der Waals surface area contributed by atoms with Crippen LogP contribution in [0.15, 0.2) is 24.3 Å². The minimum atomic E-state index is 0.485.